The topological polar surface area (TPSA) is 41.5 Å². The summed E-state index contributed by atoms with van der Waals surface area (Å²) in [6, 6.07) is 18.0. The number of hydrogen-bond acceptors (Lipinski definition) is 3. The maximum atomic E-state index is 12.3. The lowest BCUT2D eigenvalue weighted by Gasteiger charge is -2.08. The van der Waals surface area contributed by atoms with Crippen molar-refractivity contribution in [2.24, 2.45) is 4.99 Å². The molecule has 0 radical (unpaired) electrons. The Hall–Kier alpha value is -2.42. The van der Waals surface area contributed by atoms with Crippen LogP contribution in [0.1, 0.15) is 36.0 Å². The van der Waals surface area contributed by atoms with Gasteiger partial charge in [-0.25, -0.2) is 0 Å². The number of benzene rings is 2. The van der Waals surface area contributed by atoms with Gasteiger partial charge < -0.3 is 5.32 Å². The predicted molar refractivity (Wildman–Crippen MR) is 95.0 cm³/mol. The Balaban J connectivity index is 1.60. The molecule has 0 bridgehead atoms. The molecular formula is C20H22N2O. The molecule has 0 amide bonds. The number of ketones is 1. The first-order valence-corrected chi connectivity index (χ1v) is 8.29. The molecule has 3 heteroatoms. The standard InChI is InChI=1S/C20H22N2O/c23-19(15-22-20-9-5-2-6-14-21-20)18-12-10-17(11-13-18)16-7-3-1-4-8-16/h1,3-4,7-8,10-13H,2,5-6,9,14-15H2,(H,21,22). The van der Waals surface area contributed by atoms with E-state index < -0.39 is 0 Å². The van der Waals surface area contributed by atoms with Gasteiger partial charge in [0.25, 0.3) is 0 Å². The van der Waals surface area contributed by atoms with E-state index >= 15 is 0 Å². The van der Waals surface area contributed by atoms with Crippen molar-refractivity contribution in [3.05, 3.63) is 60.2 Å². The number of rotatable bonds is 4. The summed E-state index contributed by atoms with van der Waals surface area (Å²) < 4.78 is 0. The number of carbonyl (C=O) groups excluding carboxylic acids is 1. The number of nitrogens with zero attached hydrogens (tertiary/aromatic N) is 1. The molecule has 118 valence electrons. The number of aliphatic imine (C=N–C) groups is 1. The molecule has 0 saturated heterocycles. The van der Waals surface area contributed by atoms with Gasteiger partial charge in [0.1, 0.15) is 0 Å². The molecule has 3 rings (SSSR count). The van der Waals surface area contributed by atoms with Gasteiger partial charge in [-0.05, 0) is 24.0 Å². The lowest BCUT2D eigenvalue weighted by Crippen LogP contribution is -2.29. The van der Waals surface area contributed by atoms with Crippen LogP contribution in [0.25, 0.3) is 11.1 Å². The van der Waals surface area contributed by atoms with Crippen molar-refractivity contribution in [2.75, 3.05) is 13.1 Å². The van der Waals surface area contributed by atoms with Crippen LogP contribution in [0.3, 0.4) is 0 Å². The fourth-order valence-corrected chi connectivity index (χ4v) is 2.78. The van der Waals surface area contributed by atoms with Crippen LogP contribution >= 0.6 is 0 Å². The molecule has 0 aromatic heterocycles. The summed E-state index contributed by atoms with van der Waals surface area (Å²) in [6.45, 7) is 1.20. The second-order valence-electron chi connectivity index (χ2n) is 5.86. The van der Waals surface area contributed by atoms with Crippen LogP contribution in [0.15, 0.2) is 59.6 Å². The van der Waals surface area contributed by atoms with Gasteiger partial charge in [0.2, 0.25) is 0 Å². The molecule has 0 fully saturated rings. The van der Waals surface area contributed by atoms with Crippen molar-refractivity contribution in [3.63, 3.8) is 0 Å². The highest BCUT2D eigenvalue weighted by molar-refractivity contribution is 6.00. The lowest BCUT2D eigenvalue weighted by atomic mass is 10.0. The first-order valence-electron chi connectivity index (χ1n) is 8.29. The summed E-state index contributed by atoms with van der Waals surface area (Å²) in [5.74, 6) is 1.09. The molecular weight excluding hydrogens is 284 g/mol. The highest BCUT2D eigenvalue weighted by Crippen LogP contribution is 2.19. The van der Waals surface area contributed by atoms with E-state index in [0.29, 0.717) is 6.54 Å². The Kier molecular flexibility index (Phi) is 5.20. The number of nitrogens with one attached hydrogen (secondary N) is 1. The largest absolute Gasteiger partial charge is 0.366 e. The van der Waals surface area contributed by atoms with E-state index in [4.69, 9.17) is 0 Å². The number of carbonyl (C=O) groups is 1. The Morgan fingerprint density at radius 1 is 0.913 bits per heavy atom. The third kappa shape index (κ3) is 4.28. The Bertz CT molecular complexity index is 675. The van der Waals surface area contributed by atoms with Gasteiger partial charge >= 0.3 is 0 Å². The van der Waals surface area contributed by atoms with Gasteiger partial charge in [-0.2, -0.15) is 0 Å². The molecule has 1 aliphatic rings. The summed E-state index contributed by atoms with van der Waals surface area (Å²) >= 11 is 0. The molecule has 0 saturated carbocycles. The zero-order valence-corrected chi connectivity index (χ0v) is 13.3. The summed E-state index contributed by atoms with van der Waals surface area (Å²) in [5, 5.41) is 3.21. The molecule has 1 heterocycles. The monoisotopic (exact) mass is 306 g/mol. The van der Waals surface area contributed by atoms with Crippen LogP contribution in [0.5, 0.6) is 0 Å². The van der Waals surface area contributed by atoms with Gasteiger partial charge in [0.05, 0.1) is 12.4 Å². The van der Waals surface area contributed by atoms with Crippen LogP contribution in [0.4, 0.5) is 0 Å². The van der Waals surface area contributed by atoms with Gasteiger partial charge in [-0.1, -0.05) is 61.0 Å². The summed E-state index contributed by atoms with van der Waals surface area (Å²) in [6.07, 6.45) is 4.50. The van der Waals surface area contributed by atoms with Crippen molar-refractivity contribution in [2.45, 2.75) is 25.7 Å². The van der Waals surface area contributed by atoms with Crippen LogP contribution < -0.4 is 5.32 Å². The van der Waals surface area contributed by atoms with Gasteiger partial charge in [0.15, 0.2) is 5.78 Å². The third-order valence-corrected chi connectivity index (χ3v) is 4.14. The normalized spacial score (nSPS) is 14.7. The van der Waals surface area contributed by atoms with Gasteiger partial charge in [-0.3, -0.25) is 9.79 Å². The Labute approximate surface area is 137 Å². The van der Waals surface area contributed by atoms with Crippen LogP contribution in [0.2, 0.25) is 0 Å². The molecule has 1 aliphatic heterocycles. The first kappa shape index (κ1) is 15.5. The quantitative estimate of drug-likeness (QED) is 0.864. The van der Waals surface area contributed by atoms with E-state index in [1.807, 2.05) is 42.5 Å². The maximum Gasteiger partial charge on any atom is 0.181 e. The fourth-order valence-electron chi connectivity index (χ4n) is 2.78. The minimum Gasteiger partial charge on any atom is -0.366 e. The lowest BCUT2D eigenvalue weighted by molar-refractivity contribution is 0.0996. The van der Waals surface area contributed by atoms with E-state index in [-0.39, 0.29) is 5.78 Å². The summed E-state index contributed by atoms with van der Waals surface area (Å²) in [4.78, 5) is 16.8. The zero-order valence-electron chi connectivity index (χ0n) is 13.3. The van der Waals surface area contributed by atoms with Crippen LogP contribution in [-0.2, 0) is 0 Å². The van der Waals surface area contributed by atoms with Crippen molar-refractivity contribution in [1.82, 2.24) is 5.32 Å². The molecule has 23 heavy (non-hydrogen) atoms. The highest BCUT2D eigenvalue weighted by Gasteiger charge is 2.09. The molecule has 3 nitrogen and oxygen atoms in total. The average Bonchev–Trinajstić information content (AvgIpc) is 2.89. The van der Waals surface area contributed by atoms with Crippen molar-refractivity contribution in [1.29, 1.82) is 0 Å². The second-order valence-corrected chi connectivity index (χ2v) is 5.86. The molecule has 0 aliphatic carbocycles. The first-order chi connectivity index (χ1) is 11.3. The van der Waals surface area contributed by atoms with E-state index in [2.05, 4.69) is 22.4 Å². The Morgan fingerprint density at radius 2 is 1.65 bits per heavy atom. The third-order valence-electron chi connectivity index (χ3n) is 4.14. The summed E-state index contributed by atoms with van der Waals surface area (Å²) in [7, 11) is 0. The highest BCUT2D eigenvalue weighted by atomic mass is 16.1. The zero-order chi connectivity index (χ0) is 15.9. The average molecular weight is 306 g/mol. The predicted octanol–water partition coefficient (Wildman–Crippen LogP) is 4.10. The minimum atomic E-state index is 0.108. The van der Waals surface area contributed by atoms with E-state index in [9.17, 15) is 4.79 Å². The van der Waals surface area contributed by atoms with Crippen molar-refractivity contribution >= 4 is 11.6 Å². The second kappa shape index (κ2) is 7.73. The molecule has 0 spiro atoms. The molecule has 2 aromatic carbocycles. The maximum absolute atomic E-state index is 12.3. The summed E-state index contributed by atoms with van der Waals surface area (Å²) in [5.41, 5.74) is 3.03. The number of hydrogen-bond donors (Lipinski definition) is 1. The van der Waals surface area contributed by atoms with Crippen molar-refractivity contribution < 1.29 is 4.79 Å². The molecule has 0 unspecified atom stereocenters. The van der Waals surface area contributed by atoms with E-state index in [1.165, 1.54) is 6.42 Å². The van der Waals surface area contributed by atoms with Gasteiger partial charge in [-0.15, -0.1) is 0 Å². The van der Waals surface area contributed by atoms with Crippen LogP contribution in [-0.4, -0.2) is 24.7 Å². The number of amidine groups is 1. The molecule has 2 aromatic rings. The molecule has 0 atom stereocenters. The fraction of sp³-hybridized carbons (Fsp3) is 0.300. The SMILES string of the molecule is O=C(CNC1=NCCCCC1)c1ccc(-c2ccccc2)cc1. The Morgan fingerprint density at radius 3 is 2.43 bits per heavy atom. The van der Waals surface area contributed by atoms with E-state index in [0.717, 1.165) is 48.3 Å². The van der Waals surface area contributed by atoms with Gasteiger partial charge in [0, 0.05) is 18.5 Å². The minimum absolute atomic E-state index is 0.108. The molecule has 1 N–H and O–H groups in total. The smallest absolute Gasteiger partial charge is 0.181 e. The number of Topliss-reactive ketones (excluding diaryl/α,β-unsaturated/α-hetero) is 1. The van der Waals surface area contributed by atoms with Crippen molar-refractivity contribution in [3.8, 4) is 11.1 Å². The van der Waals surface area contributed by atoms with E-state index in [1.54, 1.807) is 0 Å². The van der Waals surface area contributed by atoms with Crippen LogP contribution in [0, 0.1) is 0 Å².